The van der Waals surface area contributed by atoms with Gasteiger partial charge in [-0.15, -0.1) is 0 Å². The Morgan fingerprint density at radius 1 is 0.750 bits per heavy atom. The van der Waals surface area contributed by atoms with Gasteiger partial charge in [-0.1, -0.05) is 0 Å². The highest BCUT2D eigenvalue weighted by Crippen LogP contribution is 2.35. The molecule has 0 saturated carbocycles. The summed E-state index contributed by atoms with van der Waals surface area (Å²) in [5.41, 5.74) is 0. The summed E-state index contributed by atoms with van der Waals surface area (Å²) < 4.78 is 97.9. The number of halogens is 6. The zero-order valence-corrected chi connectivity index (χ0v) is 17.7. The van der Waals surface area contributed by atoms with Crippen LogP contribution in [-0.4, -0.2) is 48.0 Å². The summed E-state index contributed by atoms with van der Waals surface area (Å²) in [5, 5.41) is 0. The van der Waals surface area contributed by atoms with E-state index < -0.39 is 73.0 Å². The van der Waals surface area contributed by atoms with Crippen LogP contribution < -0.4 is 0 Å². The highest BCUT2D eigenvalue weighted by molar-refractivity contribution is 6.86. The molecule has 0 bridgehead atoms. The first-order valence-electron chi connectivity index (χ1n) is 7.18. The van der Waals surface area contributed by atoms with Crippen LogP contribution in [0.25, 0.3) is 0 Å². The quantitative estimate of drug-likeness (QED) is 0.491. The first-order chi connectivity index (χ1) is 10.6. The number of hydrogen-bond donors (Lipinski definition) is 0. The lowest BCUT2D eigenvalue weighted by molar-refractivity contribution is -0.131. The maximum atomic E-state index is 12.5. The molecule has 4 nitrogen and oxygen atoms in total. The molecule has 0 amide bonds. The van der Waals surface area contributed by atoms with Crippen molar-refractivity contribution in [2.75, 3.05) is 0 Å². The highest BCUT2D eigenvalue weighted by Gasteiger charge is 2.50. The minimum atomic E-state index is -4.39. The van der Waals surface area contributed by atoms with E-state index in [1.165, 1.54) is 13.1 Å². The van der Waals surface area contributed by atoms with Crippen molar-refractivity contribution in [3.05, 3.63) is 0 Å². The molecule has 1 aliphatic rings. The highest BCUT2D eigenvalue weighted by atomic mass is 28.5. The van der Waals surface area contributed by atoms with E-state index >= 15 is 0 Å². The molecule has 0 aromatic rings. The van der Waals surface area contributed by atoms with Crippen molar-refractivity contribution in [2.24, 2.45) is 0 Å². The van der Waals surface area contributed by atoms with Gasteiger partial charge in [0.25, 0.3) is 0 Å². The zero-order chi connectivity index (χ0) is 18.8. The van der Waals surface area contributed by atoms with Gasteiger partial charge in [-0.05, 0) is 38.3 Å². The molecular weight excluding hydrogens is 410 g/mol. The standard InChI is InChI=1S/C10H20F6O4Si4/c1-21-17-22(2)19-24(4,8-6-10(14,15)16)20-23(3,18-21)7-5-9(11,12)13/h5-8H2,1-4H3. The second-order valence-corrected chi connectivity index (χ2v) is 16.7. The molecule has 1 rings (SSSR count). The van der Waals surface area contributed by atoms with Crippen LogP contribution in [0.15, 0.2) is 0 Å². The molecule has 142 valence electrons. The number of hydrogen-bond acceptors (Lipinski definition) is 4. The Balaban J connectivity index is 2.93. The smallest absolute Gasteiger partial charge is 0.389 e. The molecule has 2 radical (unpaired) electrons. The summed E-state index contributed by atoms with van der Waals surface area (Å²) in [6.07, 6.45) is -11.0. The van der Waals surface area contributed by atoms with Gasteiger partial charge >= 0.3 is 48.0 Å². The molecule has 2 atom stereocenters. The van der Waals surface area contributed by atoms with Crippen LogP contribution in [0.4, 0.5) is 26.3 Å². The summed E-state index contributed by atoms with van der Waals surface area (Å²) in [4.78, 5) is 0. The fourth-order valence-electron chi connectivity index (χ4n) is 2.29. The van der Waals surface area contributed by atoms with Crippen LogP contribution in [0, 0.1) is 0 Å². The van der Waals surface area contributed by atoms with Crippen LogP contribution in [0.1, 0.15) is 12.8 Å². The lowest BCUT2D eigenvalue weighted by atomic mass is 10.5. The average Bonchev–Trinajstić information content (AvgIpc) is 2.30. The Bertz CT molecular complexity index is 389. The van der Waals surface area contributed by atoms with E-state index in [2.05, 4.69) is 0 Å². The summed E-state index contributed by atoms with van der Waals surface area (Å²) in [5.74, 6) is 0. The number of alkyl halides is 6. The van der Waals surface area contributed by atoms with Crippen LogP contribution in [0.2, 0.25) is 38.3 Å². The topological polar surface area (TPSA) is 36.9 Å². The summed E-state index contributed by atoms with van der Waals surface area (Å²) in [7, 11) is -10.5. The third kappa shape index (κ3) is 8.59. The molecule has 0 aromatic carbocycles. The van der Waals surface area contributed by atoms with Crippen molar-refractivity contribution in [3.63, 3.8) is 0 Å². The molecule has 2 unspecified atom stereocenters. The van der Waals surface area contributed by atoms with E-state index in [-0.39, 0.29) is 0 Å². The molecule has 0 N–H and O–H groups in total. The van der Waals surface area contributed by atoms with Crippen molar-refractivity contribution in [3.8, 4) is 0 Å². The maximum Gasteiger partial charge on any atom is 0.389 e. The van der Waals surface area contributed by atoms with Crippen LogP contribution in [0.5, 0.6) is 0 Å². The van der Waals surface area contributed by atoms with Crippen molar-refractivity contribution < 1.29 is 42.8 Å². The summed E-state index contributed by atoms with van der Waals surface area (Å²) in [6.45, 7) is 6.10. The van der Waals surface area contributed by atoms with Gasteiger partial charge in [-0.3, -0.25) is 0 Å². The molecule has 1 heterocycles. The van der Waals surface area contributed by atoms with Crippen LogP contribution in [0.3, 0.4) is 0 Å². The lowest BCUT2D eigenvalue weighted by Gasteiger charge is -2.42. The predicted octanol–water partition coefficient (Wildman–Crippen LogP) is 4.35. The van der Waals surface area contributed by atoms with Gasteiger partial charge in [0, 0.05) is 12.8 Å². The molecule has 1 aliphatic heterocycles. The molecule has 0 aliphatic carbocycles. The SMILES string of the molecule is C[Si]1O[Si](C)O[Si](C)(CCC(F)(F)F)O[Si](C)(CCC(F)(F)F)O1. The van der Waals surface area contributed by atoms with E-state index in [1.54, 1.807) is 13.1 Å². The second kappa shape index (κ2) is 7.89. The Morgan fingerprint density at radius 3 is 1.38 bits per heavy atom. The first-order valence-corrected chi connectivity index (χ1v) is 15.9. The Labute approximate surface area is 142 Å². The molecule has 14 heteroatoms. The first kappa shape index (κ1) is 22.3. The van der Waals surface area contributed by atoms with Gasteiger partial charge in [-0.2, -0.15) is 26.3 Å². The van der Waals surface area contributed by atoms with Crippen LogP contribution >= 0.6 is 0 Å². The third-order valence-corrected chi connectivity index (χ3v) is 17.0. The lowest BCUT2D eigenvalue weighted by Crippen LogP contribution is -2.59. The van der Waals surface area contributed by atoms with Crippen molar-refractivity contribution in [2.45, 2.75) is 63.5 Å². The molecular formula is C10H20F6O4Si4. The predicted molar refractivity (Wildman–Crippen MR) is 81.8 cm³/mol. The minimum Gasteiger partial charge on any atom is -0.416 e. The molecule has 1 saturated heterocycles. The number of rotatable bonds is 4. The summed E-state index contributed by atoms with van der Waals surface area (Å²) in [6, 6.07) is -0.794. The average molecular weight is 431 g/mol. The molecule has 0 aromatic heterocycles. The monoisotopic (exact) mass is 430 g/mol. The third-order valence-electron chi connectivity index (χ3n) is 3.16. The van der Waals surface area contributed by atoms with Crippen molar-refractivity contribution in [1.82, 2.24) is 0 Å². The largest absolute Gasteiger partial charge is 0.416 e. The van der Waals surface area contributed by atoms with Crippen molar-refractivity contribution >= 4 is 35.7 Å². The molecule has 24 heavy (non-hydrogen) atoms. The fourth-order valence-corrected chi connectivity index (χ4v) is 17.7. The van der Waals surface area contributed by atoms with E-state index in [1.807, 2.05) is 0 Å². The van der Waals surface area contributed by atoms with Gasteiger partial charge in [0.2, 0.25) is 0 Å². The van der Waals surface area contributed by atoms with Gasteiger partial charge in [0.1, 0.15) is 0 Å². The van der Waals surface area contributed by atoms with E-state index in [0.29, 0.717) is 0 Å². The van der Waals surface area contributed by atoms with Crippen molar-refractivity contribution in [1.29, 1.82) is 0 Å². The normalized spacial score (nSPS) is 31.8. The fraction of sp³-hybridized carbons (Fsp3) is 1.00. The summed E-state index contributed by atoms with van der Waals surface area (Å²) >= 11 is 0. The Hall–Kier alpha value is 0.288. The zero-order valence-electron chi connectivity index (χ0n) is 13.7. The minimum absolute atomic E-state index is 0.397. The van der Waals surface area contributed by atoms with Gasteiger partial charge in [0.05, 0.1) is 0 Å². The Morgan fingerprint density at radius 2 is 1.08 bits per heavy atom. The van der Waals surface area contributed by atoms with E-state index in [9.17, 15) is 26.3 Å². The second-order valence-electron chi connectivity index (χ2n) is 5.89. The van der Waals surface area contributed by atoms with E-state index in [0.717, 1.165) is 0 Å². The molecule has 0 spiro atoms. The van der Waals surface area contributed by atoms with E-state index in [4.69, 9.17) is 16.5 Å². The van der Waals surface area contributed by atoms with Gasteiger partial charge in [0.15, 0.2) is 0 Å². The van der Waals surface area contributed by atoms with Gasteiger partial charge < -0.3 is 16.5 Å². The van der Waals surface area contributed by atoms with Crippen LogP contribution in [-0.2, 0) is 16.5 Å². The maximum absolute atomic E-state index is 12.5. The Kier molecular flexibility index (Phi) is 7.34. The molecule has 1 fully saturated rings. The van der Waals surface area contributed by atoms with Gasteiger partial charge in [-0.25, -0.2) is 0 Å².